The zero-order valence-electron chi connectivity index (χ0n) is 20.1. The van der Waals surface area contributed by atoms with E-state index < -0.39 is 0 Å². The highest BCUT2D eigenvalue weighted by atomic mass is 15.2. The predicted molar refractivity (Wildman–Crippen MR) is 128 cm³/mol. The maximum absolute atomic E-state index is 6.16. The molecule has 0 aliphatic carbocycles. The van der Waals surface area contributed by atoms with Crippen LogP contribution in [-0.2, 0) is 0 Å². The zero-order chi connectivity index (χ0) is 21.5. The summed E-state index contributed by atoms with van der Waals surface area (Å²) < 4.78 is 0. The van der Waals surface area contributed by atoms with Gasteiger partial charge in [-0.15, -0.1) is 0 Å². The summed E-state index contributed by atoms with van der Waals surface area (Å²) in [4.78, 5) is 5.27. The molecule has 1 aromatic carbocycles. The van der Waals surface area contributed by atoms with Gasteiger partial charge < -0.3 is 5.73 Å². The van der Waals surface area contributed by atoms with Crippen molar-refractivity contribution in [1.29, 1.82) is 0 Å². The van der Waals surface area contributed by atoms with E-state index in [2.05, 4.69) is 74.8 Å². The monoisotopic (exact) mass is 411 g/mol. The van der Waals surface area contributed by atoms with Crippen LogP contribution in [0.25, 0.3) is 0 Å². The Morgan fingerprint density at radius 1 is 0.833 bits per heavy atom. The Labute approximate surface area is 185 Å². The molecule has 3 nitrogen and oxygen atoms in total. The fourth-order valence-corrected chi connectivity index (χ4v) is 7.09. The minimum absolute atomic E-state index is 0.265. The number of rotatable bonds is 3. The lowest BCUT2D eigenvalue weighted by Gasteiger charge is -2.57. The van der Waals surface area contributed by atoms with Crippen LogP contribution in [0.5, 0.6) is 0 Å². The van der Waals surface area contributed by atoms with Gasteiger partial charge in [-0.25, -0.2) is 0 Å². The van der Waals surface area contributed by atoms with E-state index in [-0.39, 0.29) is 5.54 Å². The summed E-state index contributed by atoms with van der Waals surface area (Å²) in [7, 11) is 0. The Hall–Kier alpha value is -0.900. The van der Waals surface area contributed by atoms with Crippen LogP contribution in [0.2, 0.25) is 0 Å². The third-order valence-corrected chi connectivity index (χ3v) is 9.49. The van der Waals surface area contributed by atoms with Gasteiger partial charge in [0.25, 0.3) is 0 Å². The van der Waals surface area contributed by atoms with Crippen molar-refractivity contribution < 1.29 is 0 Å². The van der Waals surface area contributed by atoms with Crippen molar-refractivity contribution in [2.24, 2.45) is 23.5 Å². The number of hydrogen-bond donors (Lipinski definition) is 1. The van der Waals surface area contributed by atoms with Gasteiger partial charge >= 0.3 is 0 Å². The summed E-state index contributed by atoms with van der Waals surface area (Å²) in [6.45, 7) is 17.1. The van der Waals surface area contributed by atoms with E-state index in [1.807, 2.05) is 0 Å². The Morgan fingerprint density at radius 2 is 1.33 bits per heavy atom. The molecule has 3 atom stereocenters. The second-order valence-electron chi connectivity index (χ2n) is 11.6. The molecule has 0 radical (unpaired) electrons. The quantitative estimate of drug-likeness (QED) is 0.749. The molecule has 0 amide bonds. The molecule has 0 spiro atoms. The molecule has 6 fully saturated rings. The van der Waals surface area contributed by atoms with Crippen molar-refractivity contribution in [3.63, 3.8) is 0 Å². The summed E-state index contributed by atoms with van der Waals surface area (Å²) in [5.74, 6) is 3.32. The van der Waals surface area contributed by atoms with Gasteiger partial charge in [-0.1, -0.05) is 37.3 Å². The molecule has 6 aliphatic heterocycles. The highest BCUT2D eigenvalue weighted by Gasteiger charge is 2.47. The Balaban J connectivity index is 0.000000168. The number of fused-ring (bicyclic) bond motifs is 6. The van der Waals surface area contributed by atoms with Crippen LogP contribution in [0.15, 0.2) is 30.3 Å². The summed E-state index contributed by atoms with van der Waals surface area (Å²) in [5, 5.41) is 0. The molecule has 4 bridgehead atoms. The Bertz CT molecular complexity index is 677. The average molecular weight is 412 g/mol. The number of piperidine rings is 6. The topological polar surface area (TPSA) is 32.5 Å². The maximum Gasteiger partial charge on any atom is 0.0306 e. The normalized spacial score (nSPS) is 39.1. The molecule has 1 aromatic rings. The summed E-state index contributed by atoms with van der Waals surface area (Å²) in [6, 6.07) is 11.5. The molecule has 7 rings (SSSR count). The number of nitrogens with two attached hydrogens (primary N) is 1. The van der Waals surface area contributed by atoms with Gasteiger partial charge in [-0.3, -0.25) is 9.80 Å². The molecule has 30 heavy (non-hydrogen) atoms. The molecule has 2 N–H and O–H groups in total. The van der Waals surface area contributed by atoms with Gasteiger partial charge in [0.1, 0.15) is 0 Å². The van der Waals surface area contributed by atoms with Gasteiger partial charge in [-0.05, 0) is 115 Å². The van der Waals surface area contributed by atoms with Crippen LogP contribution in [0, 0.1) is 17.8 Å². The maximum atomic E-state index is 6.16. The van der Waals surface area contributed by atoms with Gasteiger partial charge in [0.15, 0.2) is 0 Å². The smallest absolute Gasteiger partial charge is 0.0306 e. The number of nitrogens with zero attached hydrogens (tertiary/aromatic N) is 2. The molecular weight excluding hydrogens is 366 g/mol. The van der Waals surface area contributed by atoms with Gasteiger partial charge in [0.2, 0.25) is 0 Å². The van der Waals surface area contributed by atoms with Gasteiger partial charge in [-0.2, -0.15) is 0 Å². The predicted octanol–water partition coefficient (Wildman–Crippen LogP) is 5.12. The molecule has 0 aromatic heterocycles. The first-order valence-electron chi connectivity index (χ1n) is 12.5. The fraction of sp³-hybridized carbons (Fsp3) is 0.778. The fourth-order valence-electron chi connectivity index (χ4n) is 7.09. The van der Waals surface area contributed by atoms with Crippen molar-refractivity contribution in [2.75, 3.05) is 26.2 Å². The van der Waals surface area contributed by atoms with E-state index in [0.29, 0.717) is 17.5 Å². The standard InChI is InChI=1S/C18H27N.C9H18N2/c1-14(15-7-5-4-6-8-15)13-17-16-9-11-19(12-10-16)18(17,2)3;1-9(2)8(10)7-3-5-11(9)6-4-7/h4-8,14,16-17H,9-13H2,1-3H3;7-8H,3-6,10H2,1-2H3/t14-,17+;8-/m01/s1. The molecule has 6 saturated heterocycles. The molecule has 0 unspecified atom stereocenters. The average Bonchev–Trinajstić information content (AvgIpc) is 2.76. The first-order valence-corrected chi connectivity index (χ1v) is 12.5. The largest absolute Gasteiger partial charge is 0.326 e. The van der Waals surface area contributed by atoms with Crippen LogP contribution >= 0.6 is 0 Å². The SMILES string of the molecule is CC1(C)[C@H](N)C2CCN1CC2.C[C@@H](C[C@@H]1C2CCN(CC2)C1(C)C)c1ccccc1. The van der Waals surface area contributed by atoms with Crippen LogP contribution < -0.4 is 5.73 Å². The molecule has 168 valence electrons. The minimum Gasteiger partial charge on any atom is -0.326 e. The van der Waals surface area contributed by atoms with Gasteiger partial charge in [0.05, 0.1) is 0 Å². The van der Waals surface area contributed by atoms with Crippen molar-refractivity contribution in [3.8, 4) is 0 Å². The lowest BCUT2D eigenvalue weighted by Crippen LogP contribution is -2.67. The van der Waals surface area contributed by atoms with Crippen LogP contribution in [0.3, 0.4) is 0 Å². The van der Waals surface area contributed by atoms with E-state index >= 15 is 0 Å². The van der Waals surface area contributed by atoms with Crippen molar-refractivity contribution in [2.45, 2.75) is 89.8 Å². The lowest BCUT2D eigenvalue weighted by molar-refractivity contribution is -0.0698. The summed E-state index contributed by atoms with van der Waals surface area (Å²) in [5.41, 5.74) is 8.34. The Morgan fingerprint density at radius 3 is 1.77 bits per heavy atom. The summed E-state index contributed by atoms with van der Waals surface area (Å²) >= 11 is 0. The van der Waals surface area contributed by atoms with Crippen molar-refractivity contribution in [3.05, 3.63) is 35.9 Å². The van der Waals surface area contributed by atoms with Crippen molar-refractivity contribution in [1.82, 2.24) is 9.80 Å². The molecule has 3 heteroatoms. The molecule has 6 aliphatic rings. The van der Waals surface area contributed by atoms with E-state index in [4.69, 9.17) is 5.73 Å². The number of benzene rings is 1. The zero-order valence-corrected chi connectivity index (χ0v) is 20.1. The molecule has 0 saturated carbocycles. The Kier molecular flexibility index (Phi) is 6.36. The first-order chi connectivity index (χ1) is 14.2. The van der Waals surface area contributed by atoms with Gasteiger partial charge in [0, 0.05) is 17.1 Å². The number of hydrogen-bond acceptors (Lipinski definition) is 3. The molecular formula is C27H45N3. The van der Waals surface area contributed by atoms with Crippen LogP contribution in [-0.4, -0.2) is 53.1 Å². The third-order valence-electron chi connectivity index (χ3n) is 9.49. The van der Waals surface area contributed by atoms with Crippen LogP contribution in [0.4, 0.5) is 0 Å². The lowest BCUT2D eigenvalue weighted by atomic mass is 9.64. The van der Waals surface area contributed by atoms with E-state index in [1.54, 1.807) is 0 Å². The van der Waals surface area contributed by atoms with E-state index in [9.17, 15) is 0 Å². The van der Waals surface area contributed by atoms with E-state index in [1.165, 1.54) is 63.8 Å². The summed E-state index contributed by atoms with van der Waals surface area (Å²) in [6.07, 6.45) is 6.85. The minimum atomic E-state index is 0.265. The highest BCUT2D eigenvalue weighted by Crippen LogP contribution is 2.47. The highest BCUT2D eigenvalue weighted by molar-refractivity contribution is 5.19. The molecule has 6 heterocycles. The second-order valence-corrected chi connectivity index (χ2v) is 11.6. The van der Waals surface area contributed by atoms with Crippen LogP contribution in [0.1, 0.15) is 78.2 Å². The third kappa shape index (κ3) is 4.10. The van der Waals surface area contributed by atoms with E-state index in [0.717, 1.165) is 17.8 Å². The first kappa shape index (κ1) is 22.3. The van der Waals surface area contributed by atoms with Crippen molar-refractivity contribution >= 4 is 0 Å². The second kappa shape index (κ2) is 8.56.